The molecule has 2 aromatic heterocycles. The normalized spacial score (nSPS) is 10.2. The lowest BCUT2D eigenvalue weighted by atomic mass is 10.4. The van der Waals surface area contributed by atoms with Gasteiger partial charge in [-0.1, -0.05) is 0 Å². The fourth-order valence-corrected chi connectivity index (χ4v) is 1.99. The number of rotatable bonds is 4. The van der Waals surface area contributed by atoms with E-state index in [2.05, 4.69) is 10.1 Å². The minimum absolute atomic E-state index is 0.0858. The third kappa shape index (κ3) is 2.28. The lowest BCUT2D eigenvalue weighted by Gasteiger charge is -1.96. The molecule has 0 aliphatic carbocycles. The maximum absolute atomic E-state index is 11.3. The van der Waals surface area contributed by atoms with Crippen molar-refractivity contribution < 1.29 is 18.8 Å². The Kier molecular flexibility index (Phi) is 3.38. The lowest BCUT2D eigenvalue weighted by Crippen LogP contribution is -2.06. The maximum atomic E-state index is 11.3. The van der Waals surface area contributed by atoms with Gasteiger partial charge in [-0.3, -0.25) is 0 Å². The van der Waals surface area contributed by atoms with Gasteiger partial charge >= 0.3 is 5.97 Å². The Morgan fingerprint density at radius 1 is 1.59 bits per heavy atom. The van der Waals surface area contributed by atoms with Crippen molar-refractivity contribution in [2.75, 3.05) is 13.7 Å². The molecule has 0 amide bonds. The molecule has 6 nitrogen and oxygen atoms in total. The van der Waals surface area contributed by atoms with Crippen molar-refractivity contribution in [3.63, 3.8) is 0 Å². The van der Waals surface area contributed by atoms with Crippen LogP contribution in [-0.4, -0.2) is 29.8 Å². The minimum Gasteiger partial charge on any atom is -0.495 e. The minimum atomic E-state index is -0.599. The molecule has 0 fully saturated rings. The molecule has 17 heavy (non-hydrogen) atoms. The van der Waals surface area contributed by atoms with Crippen LogP contribution in [0, 0.1) is 0 Å². The summed E-state index contributed by atoms with van der Waals surface area (Å²) in [7, 11) is 1.55. The van der Waals surface area contributed by atoms with Crippen LogP contribution in [0.1, 0.15) is 17.5 Å². The van der Waals surface area contributed by atoms with Crippen LogP contribution < -0.4 is 4.74 Å². The molecule has 0 aromatic carbocycles. The summed E-state index contributed by atoms with van der Waals surface area (Å²) in [5.41, 5.74) is 0. The van der Waals surface area contributed by atoms with E-state index in [9.17, 15) is 4.79 Å². The summed E-state index contributed by atoms with van der Waals surface area (Å²) >= 11 is 1.39. The number of thiophene rings is 1. The van der Waals surface area contributed by atoms with E-state index in [0.29, 0.717) is 10.6 Å². The SMILES string of the molecule is CCOC(=O)c1noc(-c2sccc2OC)n1. The van der Waals surface area contributed by atoms with E-state index in [0.717, 1.165) is 0 Å². The van der Waals surface area contributed by atoms with Gasteiger partial charge in [-0.25, -0.2) is 4.79 Å². The molecule has 2 rings (SSSR count). The summed E-state index contributed by atoms with van der Waals surface area (Å²) in [5, 5.41) is 5.39. The average molecular weight is 254 g/mol. The third-order valence-electron chi connectivity index (χ3n) is 1.93. The van der Waals surface area contributed by atoms with Crippen LogP contribution in [0.4, 0.5) is 0 Å². The zero-order valence-electron chi connectivity index (χ0n) is 9.30. The average Bonchev–Trinajstić information content (AvgIpc) is 2.97. The second kappa shape index (κ2) is 4.96. The summed E-state index contributed by atoms with van der Waals surface area (Å²) in [6, 6.07) is 1.79. The van der Waals surface area contributed by atoms with E-state index < -0.39 is 5.97 Å². The van der Waals surface area contributed by atoms with Crippen molar-refractivity contribution in [2.24, 2.45) is 0 Å². The molecule has 0 spiro atoms. The van der Waals surface area contributed by atoms with Crippen molar-refractivity contribution >= 4 is 17.3 Å². The standard InChI is InChI=1S/C10H10N2O4S/c1-3-15-10(13)8-11-9(16-12-8)7-6(14-2)4-5-17-7/h4-5H,3H2,1-2H3. The van der Waals surface area contributed by atoms with Crippen LogP contribution in [0.3, 0.4) is 0 Å². The number of ether oxygens (including phenoxy) is 2. The predicted octanol–water partition coefficient (Wildman–Crippen LogP) is 1.98. The zero-order valence-corrected chi connectivity index (χ0v) is 10.1. The summed E-state index contributed by atoms with van der Waals surface area (Å²) < 4.78 is 14.9. The molecule has 7 heteroatoms. The molecule has 0 saturated heterocycles. The molecular formula is C10H10N2O4S. The highest BCUT2D eigenvalue weighted by Gasteiger charge is 2.19. The second-order valence-corrected chi connectivity index (χ2v) is 3.88. The molecule has 0 N–H and O–H groups in total. The number of carbonyl (C=O) groups excluding carboxylic acids is 1. The Balaban J connectivity index is 2.27. The van der Waals surface area contributed by atoms with Gasteiger partial charge in [0.1, 0.15) is 10.6 Å². The predicted molar refractivity (Wildman–Crippen MR) is 60.1 cm³/mol. The van der Waals surface area contributed by atoms with Crippen LogP contribution >= 0.6 is 11.3 Å². The molecule has 90 valence electrons. The second-order valence-electron chi connectivity index (χ2n) is 2.96. The highest BCUT2D eigenvalue weighted by molar-refractivity contribution is 7.13. The van der Waals surface area contributed by atoms with Crippen LogP contribution in [0.15, 0.2) is 16.0 Å². The highest BCUT2D eigenvalue weighted by Crippen LogP contribution is 2.33. The lowest BCUT2D eigenvalue weighted by molar-refractivity contribution is 0.0508. The largest absolute Gasteiger partial charge is 0.495 e. The fourth-order valence-electron chi connectivity index (χ4n) is 1.21. The number of hydrogen-bond acceptors (Lipinski definition) is 7. The smallest absolute Gasteiger partial charge is 0.379 e. The van der Waals surface area contributed by atoms with Gasteiger partial charge in [0.05, 0.1) is 13.7 Å². The number of methoxy groups -OCH3 is 1. The van der Waals surface area contributed by atoms with Gasteiger partial charge in [-0.2, -0.15) is 4.98 Å². The molecule has 2 heterocycles. The first-order valence-corrected chi connectivity index (χ1v) is 5.77. The highest BCUT2D eigenvalue weighted by atomic mass is 32.1. The number of hydrogen-bond donors (Lipinski definition) is 0. The summed E-state index contributed by atoms with van der Waals surface area (Å²) in [6.45, 7) is 1.98. The molecule has 0 aliphatic heterocycles. The molecule has 0 unspecified atom stereocenters. The first kappa shape index (κ1) is 11.6. The van der Waals surface area contributed by atoms with E-state index in [1.807, 2.05) is 5.38 Å². The molecule has 0 saturated carbocycles. The van der Waals surface area contributed by atoms with Gasteiger partial charge in [0.15, 0.2) is 0 Å². The molecule has 0 radical (unpaired) electrons. The molecule has 0 atom stereocenters. The van der Waals surface area contributed by atoms with Crippen molar-refractivity contribution in [3.8, 4) is 16.5 Å². The third-order valence-corrected chi connectivity index (χ3v) is 2.81. The van der Waals surface area contributed by atoms with E-state index >= 15 is 0 Å². The number of aromatic nitrogens is 2. The van der Waals surface area contributed by atoms with Crippen LogP contribution in [0.5, 0.6) is 5.75 Å². The van der Waals surface area contributed by atoms with Gasteiger partial charge in [0.25, 0.3) is 11.7 Å². The van der Waals surface area contributed by atoms with Gasteiger partial charge in [-0.05, 0) is 23.5 Å². The van der Waals surface area contributed by atoms with E-state index in [1.165, 1.54) is 11.3 Å². The Morgan fingerprint density at radius 3 is 3.12 bits per heavy atom. The van der Waals surface area contributed by atoms with E-state index in [4.69, 9.17) is 14.0 Å². The van der Waals surface area contributed by atoms with Gasteiger partial charge in [-0.15, -0.1) is 11.3 Å². The van der Waals surface area contributed by atoms with Gasteiger partial charge in [0.2, 0.25) is 0 Å². The van der Waals surface area contributed by atoms with E-state index in [-0.39, 0.29) is 18.3 Å². The first-order chi connectivity index (χ1) is 8.26. The molecule has 2 aromatic rings. The first-order valence-electron chi connectivity index (χ1n) is 4.89. The Bertz CT molecular complexity index is 520. The van der Waals surface area contributed by atoms with Crippen LogP contribution in [0.2, 0.25) is 0 Å². The number of esters is 1. The van der Waals surface area contributed by atoms with Gasteiger partial charge in [0, 0.05) is 0 Å². The summed E-state index contributed by atoms with van der Waals surface area (Å²) in [5.74, 6) is 0.198. The fraction of sp³-hybridized carbons (Fsp3) is 0.300. The number of carbonyl (C=O) groups is 1. The number of nitrogens with zero attached hydrogens (tertiary/aromatic N) is 2. The van der Waals surface area contributed by atoms with Crippen molar-refractivity contribution in [2.45, 2.75) is 6.92 Å². The van der Waals surface area contributed by atoms with Gasteiger partial charge < -0.3 is 14.0 Å². The quantitative estimate of drug-likeness (QED) is 0.777. The molecular weight excluding hydrogens is 244 g/mol. The van der Waals surface area contributed by atoms with Crippen LogP contribution in [0.25, 0.3) is 10.8 Å². The molecule has 0 bridgehead atoms. The summed E-state index contributed by atoms with van der Waals surface area (Å²) in [4.78, 5) is 16.0. The van der Waals surface area contributed by atoms with Crippen molar-refractivity contribution in [3.05, 3.63) is 17.3 Å². The van der Waals surface area contributed by atoms with Crippen molar-refractivity contribution in [1.82, 2.24) is 10.1 Å². The monoisotopic (exact) mass is 254 g/mol. The van der Waals surface area contributed by atoms with Crippen molar-refractivity contribution in [1.29, 1.82) is 0 Å². The summed E-state index contributed by atoms with van der Waals surface area (Å²) in [6.07, 6.45) is 0. The van der Waals surface area contributed by atoms with E-state index in [1.54, 1.807) is 20.1 Å². The molecule has 0 aliphatic rings. The Labute approximate surface area is 101 Å². The van der Waals surface area contributed by atoms with Crippen LogP contribution in [-0.2, 0) is 4.74 Å². The Hall–Kier alpha value is -1.89. The topological polar surface area (TPSA) is 74.5 Å². The zero-order chi connectivity index (χ0) is 12.3. The Morgan fingerprint density at radius 2 is 2.41 bits per heavy atom. The maximum Gasteiger partial charge on any atom is 0.379 e.